The topological polar surface area (TPSA) is 73.3 Å². The molecule has 0 radical (unpaired) electrons. The third kappa shape index (κ3) is 5.15. The van der Waals surface area contributed by atoms with Gasteiger partial charge in [-0.25, -0.2) is 4.68 Å². The number of nitrogens with two attached hydrogens (primary N) is 1. The summed E-state index contributed by atoms with van der Waals surface area (Å²) in [4.78, 5) is 0. The predicted octanol–water partition coefficient (Wildman–Crippen LogP) is 3.82. The number of nitrogens with zero attached hydrogens (tertiary/aromatic N) is 2. The minimum absolute atomic E-state index is 0. The van der Waals surface area contributed by atoms with Crippen molar-refractivity contribution in [3.63, 3.8) is 0 Å². The van der Waals surface area contributed by atoms with Crippen LogP contribution in [0, 0.1) is 0 Å². The van der Waals surface area contributed by atoms with Crippen molar-refractivity contribution in [2.45, 2.75) is 18.6 Å². The zero-order chi connectivity index (χ0) is 18.1. The van der Waals surface area contributed by atoms with E-state index < -0.39 is 24.5 Å². The Labute approximate surface area is 157 Å². The highest BCUT2D eigenvalue weighted by atomic mass is 35.5. The van der Waals surface area contributed by atoms with Crippen LogP contribution >= 0.6 is 35.6 Å². The van der Waals surface area contributed by atoms with Gasteiger partial charge in [-0.2, -0.15) is 18.3 Å². The maximum atomic E-state index is 13.2. The first-order valence-electron chi connectivity index (χ1n) is 6.76. The molecule has 0 saturated carbocycles. The van der Waals surface area contributed by atoms with Crippen molar-refractivity contribution in [1.29, 1.82) is 0 Å². The van der Waals surface area contributed by atoms with Crippen molar-refractivity contribution in [2.24, 2.45) is 12.8 Å². The fourth-order valence-electron chi connectivity index (χ4n) is 2.08. The van der Waals surface area contributed by atoms with E-state index in [1.807, 2.05) is 0 Å². The van der Waals surface area contributed by atoms with Crippen LogP contribution in [0.4, 0.5) is 13.2 Å². The van der Waals surface area contributed by atoms with Gasteiger partial charge in [0.25, 0.3) is 0 Å². The molecule has 0 saturated heterocycles. The summed E-state index contributed by atoms with van der Waals surface area (Å²) in [6.45, 7) is -0.479. The van der Waals surface area contributed by atoms with Crippen LogP contribution < -0.4 is 10.5 Å². The van der Waals surface area contributed by atoms with Gasteiger partial charge in [0.15, 0.2) is 5.69 Å². The lowest BCUT2D eigenvalue weighted by Gasteiger charge is -2.13. The van der Waals surface area contributed by atoms with Crippen LogP contribution in [-0.4, -0.2) is 27.5 Å². The molecule has 11 heteroatoms. The van der Waals surface area contributed by atoms with Crippen LogP contribution in [0.2, 0.25) is 10.0 Å². The maximum Gasteiger partial charge on any atom is 0.435 e. The standard InChI is InChI=1S/C14H14Cl2F3N3O2.ClH/c1-22-13(24-11-3-2-7(15)4-10(11)16)9(5-8(20)6-23)12(21-22)14(17,18)19;/h2-4,8,23H,5-6,20H2,1H3;1H. The molecule has 3 N–H and O–H groups in total. The van der Waals surface area contributed by atoms with Crippen LogP contribution in [0.3, 0.4) is 0 Å². The molecule has 5 nitrogen and oxygen atoms in total. The van der Waals surface area contributed by atoms with Crippen LogP contribution in [0.15, 0.2) is 18.2 Å². The van der Waals surface area contributed by atoms with E-state index in [1.165, 1.54) is 25.2 Å². The molecule has 1 aromatic carbocycles. The first-order valence-corrected chi connectivity index (χ1v) is 7.51. The number of ether oxygens (including phenoxy) is 1. The SMILES string of the molecule is Cl.Cn1nc(C(F)(F)F)c(CC(N)CO)c1Oc1ccc(Cl)cc1Cl. The smallest absolute Gasteiger partial charge is 0.435 e. The Morgan fingerprint density at radius 1 is 1.36 bits per heavy atom. The lowest BCUT2D eigenvalue weighted by molar-refractivity contribution is -0.142. The summed E-state index contributed by atoms with van der Waals surface area (Å²) in [6.07, 6.45) is -4.95. The van der Waals surface area contributed by atoms with Crippen molar-refractivity contribution in [3.05, 3.63) is 39.5 Å². The number of hydrogen-bond acceptors (Lipinski definition) is 4. The Bertz CT molecular complexity index is 738. The molecule has 1 aromatic heterocycles. The van der Waals surface area contributed by atoms with Crippen LogP contribution in [0.25, 0.3) is 0 Å². The Morgan fingerprint density at radius 2 is 2.00 bits per heavy atom. The van der Waals surface area contributed by atoms with Crippen molar-refractivity contribution >= 4 is 35.6 Å². The molecule has 140 valence electrons. The number of hydrogen-bond donors (Lipinski definition) is 2. The molecule has 1 heterocycles. The Balaban J connectivity index is 0.00000312. The Morgan fingerprint density at radius 3 is 2.52 bits per heavy atom. The molecule has 0 fully saturated rings. The summed E-state index contributed by atoms with van der Waals surface area (Å²) in [5, 5.41) is 13.0. The zero-order valence-electron chi connectivity index (χ0n) is 12.8. The summed E-state index contributed by atoms with van der Waals surface area (Å²) >= 11 is 11.8. The number of aliphatic hydroxyl groups excluding tert-OH is 1. The minimum Gasteiger partial charge on any atom is -0.437 e. The van der Waals surface area contributed by atoms with E-state index in [0.717, 1.165) is 4.68 Å². The lowest BCUT2D eigenvalue weighted by Crippen LogP contribution is -2.28. The first kappa shape index (κ1) is 21.9. The number of aromatic nitrogens is 2. The van der Waals surface area contributed by atoms with E-state index in [0.29, 0.717) is 5.02 Å². The van der Waals surface area contributed by atoms with Crippen molar-refractivity contribution in [3.8, 4) is 11.6 Å². The summed E-state index contributed by atoms with van der Waals surface area (Å²) in [5.74, 6) is -0.0351. The maximum absolute atomic E-state index is 13.2. The van der Waals surface area contributed by atoms with E-state index in [1.54, 1.807) is 0 Å². The number of benzene rings is 1. The second-order valence-corrected chi connectivity index (χ2v) is 5.92. The van der Waals surface area contributed by atoms with Gasteiger partial charge in [-0.1, -0.05) is 23.2 Å². The largest absolute Gasteiger partial charge is 0.437 e. The van der Waals surface area contributed by atoms with E-state index in [4.69, 9.17) is 38.8 Å². The fraction of sp³-hybridized carbons (Fsp3) is 0.357. The lowest BCUT2D eigenvalue weighted by atomic mass is 10.1. The van der Waals surface area contributed by atoms with E-state index in [2.05, 4.69) is 5.10 Å². The molecular formula is C14H15Cl3F3N3O2. The van der Waals surface area contributed by atoms with Crippen molar-refractivity contribution in [2.75, 3.05) is 6.61 Å². The zero-order valence-corrected chi connectivity index (χ0v) is 15.2. The van der Waals surface area contributed by atoms with Gasteiger partial charge in [0, 0.05) is 23.7 Å². The summed E-state index contributed by atoms with van der Waals surface area (Å²) < 4.78 is 46.0. The number of alkyl halides is 3. The Kier molecular flexibility index (Phi) is 7.40. The number of aliphatic hydroxyl groups is 1. The molecule has 2 aromatic rings. The van der Waals surface area contributed by atoms with E-state index in [-0.39, 0.29) is 41.0 Å². The molecule has 1 atom stereocenters. The molecule has 25 heavy (non-hydrogen) atoms. The van der Waals surface area contributed by atoms with E-state index >= 15 is 0 Å². The predicted molar refractivity (Wildman–Crippen MR) is 90.8 cm³/mol. The fourth-order valence-corrected chi connectivity index (χ4v) is 2.53. The third-order valence-electron chi connectivity index (χ3n) is 3.16. The molecule has 0 aliphatic carbocycles. The van der Waals surface area contributed by atoms with Gasteiger partial charge in [0.05, 0.1) is 11.6 Å². The third-order valence-corrected chi connectivity index (χ3v) is 3.69. The number of halogens is 6. The molecular weight excluding hydrogens is 406 g/mol. The van der Waals surface area contributed by atoms with Crippen LogP contribution in [-0.2, 0) is 19.6 Å². The second kappa shape index (κ2) is 8.46. The Hall–Kier alpha value is -1.19. The summed E-state index contributed by atoms with van der Waals surface area (Å²) in [5.41, 5.74) is 4.22. The van der Waals surface area contributed by atoms with Gasteiger partial charge in [-0.05, 0) is 24.6 Å². The molecule has 0 bridgehead atoms. The van der Waals surface area contributed by atoms with Gasteiger partial charge in [0.1, 0.15) is 5.75 Å². The van der Waals surface area contributed by atoms with Crippen LogP contribution in [0.5, 0.6) is 11.6 Å². The van der Waals surface area contributed by atoms with E-state index in [9.17, 15) is 13.2 Å². The highest BCUT2D eigenvalue weighted by Crippen LogP contribution is 2.39. The van der Waals surface area contributed by atoms with Gasteiger partial charge >= 0.3 is 6.18 Å². The van der Waals surface area contributed by atoms with Gasteiger partial charge < -0.3 is 15.6 Å². The molecule has 0 aliphatic heterocycles. The normalized spacial score (nSPS) is 12.6. The molecule has 0 amide bonds. The van der Waals surface area contributed by atoms with Crippen molar-refractivity contribution < 1.29 is 23.0 Å². The molecule has 0 aliphatic rings. The first-order chi connectivity index (χ1) is 11.1. The van der Waals surface area contributed by atoms with Crippen LogP contribution in [0.1, 0.15) is 11.3 Å². The summed E-state index contributed by atoms with van der Waals surface area (Å²) in [6, 6.07) is 3.43. The molecule has 2 rings (SSSR count). The molecule has 0 spiro atoms. The van der Waals surface area contributed by atoms with Gasteiger partial charge in [-0.3, -0.25) is 0 Å². The second-order valence-electron chi connectivity index (χ2n) is 5.08. The van der Waals surface area contributed by atoms with Gasteiger partial charge in [-0.15, -0.1) is 12.4 Å². The molecule has 1 unspecified atom stereocenters. The minimum atomic E-state index is -4.69. The van der Waals surface area contributed by atoms with Crippen molar-refractivity contribution in [1.82, 2.24) is 9.78 Å². The highest BCUT2D eigenvalue weighted by molar-refractivity contribution is 6.35. The quantitative estimate of drug-likeness (QED) is 0.771. The highest BCUT2D eigenvalue weighted by Gasteiger charge is 2.40. The summed E-state index contributed by atoms with van der Waals surface area (Å²) in [7, 11) is 1.31. The average molecular weight is 421 g/mol. The average Bonchev–Trinajstić information content (AvgIpc) is 2.78. The number of aryl methyl sites for hydroxylation is 1. The monoisotopic (exact) mass is 419 g/mol. The van der Waals surface area contributed by atoms with Gasteiger partial charge in [0.2, 0.25) is 5.88 Å². The number of rotatable bonds is 5.